The summed E-state index contributed by atoms with van der Waals surface area (Å²) in [4.78, 5) is 40.1. The fraction of sp³-hybridized carbons (Fsp3) is 0.591. The zero-order chi connectivity index (χ0) is 22.1. The van der Waals surface area contributed by atoms with Crippen molar-refractivity contribution in [2.24, 2.45) is 0 Å². The molecular weight excluding hydrogens is 386 g/mol. The Labute approximate surface area is 178 Å². The van der Waals surface area contributed by atoms with E-state index in [1.54, 1.807) is 32.6 Å². The van der Waals surface area contributed by atoms with Crippen LogP contribution in [0.1, 0.15) is 40.5 Å². The van der Waals surface area contributed by atoms with Gasteiger partial charge in [0.05, 0.1) is 0 Å². The summed E-state index contributed by atoms with van der Waals surface area (Å²) in [5.74, 6) is -0.632. The molecule has 1 atom stereocenters. The molecular formula is C22H33N3O5. The quantitative estimate of drug-likeness (QED) is 0.540. The number of esters is 1. The number of ether oxygens (including phenoxy) is 2. The van der Waals surface area contributed by atoms with Gasteiger partial charge in [0.25, 0.3) is 5.91 Å². The van der Waals surface area contributed by atoms with Crippen LogP contribution in [0.3, 0.4) is 0 Å². The molecule has 2 amide bonds. The predicted molar refractivity (Wildman–Crippen MR) is 114 cm³/mol. The molecule has 166 valence electrons. The minimum Gasteiger partial charge on any atom is -0.453 e. The first kappa shape index (κ1) is 23.5. The van der Waals surface area contributed by atoms with E-state index in [0.717, 1.165) is 18.8 Å². The van der Waals surface area contributed by atoms with E-state index < -0.39 is 23.8 Å². The summed E-state index contributed by atoms with van der Waals surface area (Å²) < 4.78 is 10.4. The zero-order valence-corrected chi connectivity index (χ0v) is 18.3. The van der Waals surface area contributed by atoms with Gasteiger partial charge in [0.2, 0.25) is 0 Å². The van der Waals surface area contributed by atoms with Crippen LogP contribution in [0.5, 0.6) is 0 Å². The summed E-state index contributed by atoms with van der Waals surface area (Å²) in [5.41, 5.74) is 0.579. The van der Waals surface area contributed by atoms with Crippen LogP contribution < -0.4 is 10.2 Å². The van der Waals surface area contributed by atoms with Gasteiger partial charge in [0.1, 0.15) is 5.60 Å². The van der Waals surface area contributed by atoms with Crippen LogP contribution in [0.25, 0.3) is 0 Å². The van der Waals surface area contributed by atoms with Crippen molar-refractivity contribution in [2.45, 2.75) is 52.2 Å². The summed E-state index contributed by atoms with van der Waals surface area (Å²) in [6, 6.07) is 10.1. The van der Waals surface area contributed by atoms with Gasteiger partial charge in [-0.2, -0.15) is 0 Å². The Hall–Kier alpha value is -2.77. The molecule has 1 aromatic carbocycles. The molecule has 8 heteroatoms. The minimum absolute atomic E-state index is 0.120. The highest BCUT2D eigenvalue weighted by atomic mass is 16.6. The maximum absolute atomic E-state index is 12.6. The number of carbonyl (C=O) groups is 3. The van der Waals surface area contributed by atoms with Gasteiger partial charge in [0.15, 0.2) is 6.10 Å². The molecule has 2 rings (SSSR count). The lowest BCUT2D eigenvalue weighted by Crippen LogP contribution is -2.51. The van der Waals surface area contributed by atoms with Crippen molar-refractivity contribution < 1.29 is 23.9 Å². The molecule has 0 spiro atoms. The Morgan fingerprint density at radius 3 is 2.30 bits per heavy atom. The van der Waals surface area contributed by atoms with Crippen LogP contribution in [0, 0.1) is 0 Å². The van der Waals surface area contributed by atoms with Gasteiger partial charge >= 0.3 is 12.1 Å². The number of para-hydroxylation sites is 1. The van der Waals surface area contributed by atoms with E-state index in [0.29, 0.717) is 26.1 Å². The normalized spacial score (nSPS) is 15.3. The second-order valence-electron chi connectivity index (χ2n) is 8.31. The molecule has 0 aliphatic carbocycles. The first-order chi connectivity index (χ1) is 14.2. The van der Waals surface area contributed by atoms with Crippen molar-refractivity contribution in [3.63, 3.8) is 0 Å². The number of benzene rings is 1. The van der Waals surface area contributed by atoms with Gasteiger partial charge in [-0.15, -0.1) is 0 Å². The van der Waals surface area contributed by atoms with Crippen molar-refractivity contribution >= 4 is 23.7 Å². The maximum Gasteiger partial charge on any atom is 0.407 e. The summed E-state index contributed by atoms with van der Waals surface area (Å²) in [5, 5.41) is 2.59. The number of nitrogens with zero attached hydrogens (tertiary/aromatic N) is 2. The summed E-state index contributed by atoms with van der Waals surface area (Å²) in [7, 11) is 0. The lowest BCUT2D eigenvalue weighted by atomic mass is 10.2. The Morgan fingerprint density at radius 1 is 1.07 bits per heavy atom. The van der Waals surface area contributed by atoms with Crippen LogP contribution in [-0.4, -0.2) is 67.3 Å². The molecule has 1 fully saturated rings. The minimum atomic E-state index is -0.820. The first-order valence-corrected chi connectivity index (χ1v) is 10.4. The molecule has 0 aromatic heterocycles. The molecule has 1 saturated heterocycles. The molecule has 30 heavy (non-hydrogen) atoms. The van der Waals surface area contributed by atoms with Gasteiger partial charge in [-0.05, 0) is 46.2 Å². The molecule has 1 aromatic rings. The van der Waals surface area contributed by atoms with Crippen LogP contribution in [-0.2, 0) is 19.1 Å². The van der Waals surface area contributed by atoms with E-state index in [9.17, 15) is 14.4 Å². The van der Waals surface area contributed by atoms with E-state index in [4.69, 9.17) is 9.47 Å². The summed E-state index contributed by atoms with van der Waals surface area (Å²) in [6.45, 7) is 9.92. The third-order valence-electron chi connectivity index (χ3n) is 4.59. The van der Waals surface area contributed by atoms with Crippen LogP contribution in [0.15, 0.2) is 30.3 Å². The SMILES string of the molecule is C[C@@H](OC(=O)CCCNC(=O)OC(C)(C)C)C(=O)N1CCN(c2ccccc2)CC1. The Bertz CT molecular complexity index is 709. The van der Waals surface area contributed by atoms with Crippen molar-refractivity contribution in [3.05, 3.63) is 30.3 Å². The Kier molecular flexibility index (Phi) is 8.50. The van der Waals surface area contributed by atoms with Crippen molar-refractivity contribution in [2.75, 3.05) is 37.6 Å². The van der Waals surface area contributed by atoms with E-state index in [1.807, 2.05) is 18.2 Å². The smallest absolute Gasteiger partial charge is 0.407 e. The van der Waals surface area contributed by atoms with Crippen molar-refractivity contribution in [1.82, 2.24) is 10.2 Å². The molecule has 1 N–H and O–H groups in total. The fourth-order valence-corrected chi connectivity index (χ4v) is 3.12. The molecule has 8 nitrogen and oxygen atoms in total. The third kappa shape index (κ3) is 7.93. The number of amides is 2. The molecule has 1 heterocycles. The van der Waals surface area contributed by atoms with Gasteiger partial charge in [-0.1, -0.05) is 18.2 Å². The van der Waals surface area contributed by atoms with Crippen LogP contribution in [0.2, 0.25) is 0 Å². The third-order valence-corrected chi connectivity index (χ3v) is 4.59. The largest absolute Gasteiger partial charge is 0.453 e. The number of anilines is 1. The average molecular weight is 420 g/mol. The van der Waals surface area contributed by atoms with Gasteiger partial charge in [0, 0.05) is 44.8 Å². The second kappa shape index (κ2) is 10.8. The topological polar surface area (TPSA) is 88.2 Å². The van der Waals surface area contributed by atoms with Gasteiger partial charge < -0.3 is 24.6 Å². The summed E-state index contributed by atoms with van der Waals surface area (Å²) in [6.07, 6.45) is -0.808. The first-order valence-electron chi connectivity index (χ1n) is 10.4. The number of hydrogen-bond acceptors (Lipinski definition) is 6. The van der Waals surface area contributed by atoms with Crippen molar-refractivity contribution in [3.8, 4) is 0 Å². The van der Waals surface area contributed by atoms with Crippen LogP contribution >= 0.6 is 0 Å². The lowest BCUT2D eigenvalue weighted by molar-refractivity contribution is -0.159. The highest BCUT2D eigenvalue weighted by Crippen LogP contribution is 2.16. The average Bonchev–Trinajstić information content (AvgIpc) is 2.70. The molecule has 0 bridgehead atoms. The van der Waals surface area contributed by atoms with E-state index in [-0.39, 0.29) is 12.3 Å². The van der Waals surface area contributed by atoms with E-state index >= 15 is 0 Å². The van der Waals surface area contributed by atoms with Gasteiger partial charge in [-0.3, -0.25) is 9.59 Å². The number of piperazine rings is 1. The highest BCUT2D eigenvalue weighted by molar-refractivity contribution is 5.83. The molecule has 1 aliphatic heterocycles. The second-order valence-corrected chi connectivity index (χ2v) is 8.31. The molecule has 0 saturated carbocycles. The number of carbonyl (C=O) groups excluding carboxylic acids is 3. The van der Waals surface area contributed by atoms with Crippen LogP contribution in [0.4, 0.5) is 10.5 Å². The Morgan fingerprint density at radius 2 is 1.70 bits per heavy atom. The monoisotopic (exact) mass is 419 g/mol. The molecule has 0 unspecified atom stereocenters. The van der Waals surface area contributed by atoms with Gasteiger partial charge in [-0.25, -0.2) is 4.79 Å². The Balaban J connectivity index is 1.65. The number of nitrogens with one attached hydrogen (secondary N) is 1. The molecule has 0 radical (unpaired) electrons. The zero-order valence-electron chi connectivity index (χ0n) is 18.3. The van der Waals surface area contributed by atoms with E-state index in [1.165, 1.54) is 0 Å². The standard InChI is InChI=1S/C22H33N3O5/c1-17(29-19(26)11-8-12-23-21(28)30-22(2,3)4)20(27)25-15-13-24(14-16-25)18-9-6-5-7-10-18/h5-7,9-10,17H,8,11-16H2,1-4H3,(H,23,28)/t17-/m1/s1. The number of alkyl carbamates (subject to hydrolysis) is 1. The van der Waals surface area contributed by atoms with Crippen molar-refractivity contribution in [1.29, 1.82) is 0 Å². The number of rotatable bonds is 7. The highest BCUT2D eigenvalue weighted by Gasteiger charge is 2.27. The lowest BCUT2D eigenvalue weighted by Gasteiger charge is -2.37. The predicted octanol–water partition coefficient (Wildman–Crippen LogP) is 2.57. The summed E-state index contributed by atoms with van der Waals surface area (Å²) >= 11 is 0. The maximum atomic E-state index is 12.6. The van der Waals surface area contributed by atoms with E-state index in [2.05, 4.69) is 22.3 Å². The fourth-order valence-electron chi connectivity index (χ4n) is 3.12. The number of hydrogen-bond donors (Lipinski definition) is 1. The molecule has 1 aliphatic rings.